The van der Waals surface area contributed by atoms with Gasteiger partial charge in [-0.1, -0.05) is 80.1 Å². The van der Waals surface area contributed by atoms with Crippen molar-refractivity contribution in [2.45, 2.75) is 26.7 Å². The van der Waals surface area contributed by atoms with Crippen molar-refractivity contribution in [3.63, 3.8) is 0 Å². The molecule has 0 spiro atoms. The van der Waals surface area contributed by atoms with Crippen LogP contribution in [0.5, 0.6) is 0 Å². The first-order chi connectivity index (χ1) is 19.6. The largest absolute Gasteiger partial charge is 0.462 e. The molecule has 1 aliphatic rings. The van der Waals surface area contributed by atoms with Crippen LogP contribution in [-0.2, 0) is 11.2 Å². The first-order valence-electron chi connectivity index (χ1n) is 13.3. The van der Waals surface area contributed by atoms with E-state index >= 15 is 0 Å². The lowest BCUT2D eigenvalue weighted by atomic mass is 10.0. The number of anilines is 3. The summed E-state index contributed by atoms with van der Waals surface area (Å²) in [4.78, 5) is 5.62. The molecular weight excluding hydrogens is 490 g/mol. The third-order valence-corrected chi connectivity index (χ3v) is 6.76. The molecule has 194 valence electrons. The molecule has 4 heteroatoms. The minimum Gasteiger partial charge on any atom is -0.462 e. The van der Waals surface area contributed by atoms with Gasteiger partial charge in [-0.05, 0) is 84.0 Å². The predicted molar refractivity (Wildman–Crippen MR) is 164 cm³/mol. The maximum absolute atomic E-state index is 9.25. The second-order valence-corrected chi connectivity index (χ2v) is 9.61. The van der Waals surface area contributed by atoms with E-state index in [1.807, 2.05) is 25.1 Å². The highest BCUT2D eigenvalue weighted by Crippen LogP contribution is 2.39. The summed E-state index contributed by atoms with van der Waals surface area (Å²) in [6.07, 6.45) is 9.45. The van der Waals surface area contributed by atoms with E-state index in [-0.39, 0.29) is 5.70 Å². The van der Waals surface area contributed by atoms with E-state index in [0.717, 1.165) is 35.5 Å². The third-order valence-electron chi connectivity index (χ3n) is 6.76. The second-order valence-electron chi connectivity index (χ2n) is 9.61. The zero-order chi connectivity index (χ0) is 27.9. The van der Waals surface area contributed by atoms with Crippen LogP contribution in [0.25, 0.3) is 21.7 Å². The molecule has 0 bridgehead atoms. The lowest BCUT2D eigenvalue weighted by Crippen LogP contribution is -2.10. The summed E-state index contributed by atoms with van der Waals surface area (Å²) < 4.78 is 5.80. The van der Waals surface area contributed by atoms with E-state index in [1.54, 1.807) is 12.2 Å². The number of allylic oxidation sites excluding steroid dienone is 6. The molecule has 4 nitrogen and oxygen atoms in total. The van der Waals surface area contributed by atoms with E-state index in [4.69, 9.17) is 11.3 Å². The minimum absolute atomic E-state index is 0.0501. The number of ether oxygens (including phenoxy) is 1. The van der Waals surface area contributed by atoms with E-state index in [2.05, 4.69) is 108 Å². The fraction of sp³-hybridized carbons (Fsp3) is 0.111. The van der Waals surface area contributed by atoms with Crippen molar-refractivity contribution in [1.29, 1.82) is 5.26 Å². The fourth-order valence-corrected chi connectivity index (χ4v) is 4.88. The van der Waals surface area contributed by atoms with Gasteiger partial charge in [0.25, 0.3) is 5.70 Å². The SMILES string of the molecule is [C-]#[N+]C(C#N)=C1C=C(C)OC(C=Cc2ccc(N(c3ccc(CCC)cc3)c3cccc4ccccc34)cc2)=C1. The average molecular weight is 520 g/mol. The molecule has 0 aromatic heterocycles. The zero-order valence-corrected chi connectivity index (χ0v) is 22.6. The van der Waals surface area contributed by atoms with Crippen LogP contribution in [0.15, 0.2) is 132 Å². The summed E-state index contributed by atoms with van der Waals surface area (Å²) in [7, 11) is 0. The zero-order valence-electron chi connectivity index (χ0n) is 22.6. The van der Waals surface area contributed by atoms with Gasteiger partial charge >= 0.3 is 0 Å². The normalized spacial score (nSPS) is 14.1. The summed E-state index contributed by atoms with van der Waals surface area (Å²) >= 11 is 0. The van der Waals surface area contributed by atoms with Gasteiger partial charge in [0.2, 0.25) is 0 Å². The average Bonchev–Trinajstić information content (AvgIpc) is 2.98. The smallest absolute Gasteiger partial charge is 0.269 e. The number of aryl methyl sites for hydroxylation is 1. The minimum atomic E-state index is 0.0501. The Kier molecular flexibility index (Phi) is 7.91. The van der Waals surface area contributed by atoms with Crippen LogP contribution in [0.3, 0.4) is 0 Å². The van der Waals surface area contributed by atoms with Crippen LogP contribution in [0.1, 0.15) is 31.4 Å². The molecule has 0 saturated heterocycles. The van der Waals surface area contributed by atoms with Gasteiger partial charge in [-0.25, -0.2) is 10.1 Å². The number of nitriles is 1. The molecule has 0 saturated carbocycles. The Hall–Kier alpha value is -5.32. The Morgan fingerprint density at radius 2 is 1.60 bits per heavy atom. The highest BCUT2D eigenvalue weighted by atomic mass is 16.5. The lowest BCUT2D eigenvalue weighted by Gasteiger charge is -2.27. The van der Waals surface area contributed by atoms with Crippen LogP contribution < -0.4 is 4.90 Å². The maximum Gasteiger partial charge on any atom is 0.269 e. The molecule has 5 rings (SSSR count). The van der Waals surface area contributed by atoms with Crippen LogP contribution in [0.4, 0.5) is 17.1 Å². The quantitative estimate of drug-likeness (QED) is 0.180. The van der Waals surface area contributed by atoms with Crippen LogP contribution >= 0.6 is 0 Å². The molecule has 40 heavy (non-hydrogen) atoms. The number of benzene rings is 4. The van der Waals surface area contributed by atoms with Crippen LogP contribution in [0.2, 0.25) is 0 Å². The summed E-state index contributed by atoms with van der Waals surface area (Å²) in [5, 5.41) is 11.6. The topological polar surface area (TPSA) is 40.6 Å². The van der Waals surface area contributed by atoms with Gasteiger partial charge < -0.3 is 9.64 Å². The van der Waals surface area contributed by atoms with Gasteiger partial charge in [-0.3, -0.25) is 0 Å². The van der Waals surface area contributed by atoms with E-state index in [1.165, 1.54) is 16.3 Å². The third kappa shape index (κ3) is 5.73. The summed E-state index contributed by atoms with van der Waals surface area (Å²) in [5.41, 5.74) is 6.25. The monoisotopic (exact) mass is 519 g/mol. The van der Waals surface area contributed by atoms with Crippen molar-refractivity contribution in [3.05, 3.63) is 155 Å². The Morgan fingerprint density at radius 1 is 0.900 bits per heavy atom. The number of fused-ring (bicyclic) bond motifs is 1. The predicted octanol–water partition coefficient (Wildman–Crippen LogP) is 9.79. The van der Waals surface area contributed by atoms with Gasteiger partial charge in [0.15, 0.2) is 0 Å². The Bertz CT molecular complexity index is 1720. The van der Waals surface area contributed by atoms with Crippen molar-refractivity contribution < 1.29 is 4.74 Å². The molecule has 0 radical (unpaired) electrons. The standard InChI is InChI=1S/C36H29N3O/c1-4-8-27-13-18-31(19-14-27)39(36-12-7-10-29-9-5-6-11-34(29)36)32-20-15-28(16-21-32)17-22-33-24-30(23-26(2)40-33)35(25-37)38-3/h5-7,9-24H,4,8H2,1-2H3. The molecule has 1 aliphatic heterocycles. The van der Waals surface area contributed by atoms with Gasteiger partial charge in [0.05, 0.1) is 18.3 Å². The van der Waals surface area contributed by atoms with E-state index < -0.39 is 0 Å². The molecule has 0 N–H and O–H groups in total. The van der Waals surface area contributed by atoms with Crippen molar-refractivity contribution in [1.82, 2.24) is 0 Å². The van der Waals surface area contributed by atoms with Gasteiger partial charge in [-0.15, -0.1) is 0 Å². The highest BCUT2D eigenvalue weighted by Gasteiger charge is 2.15. The number of hydrogen-bond donors (Lipinski definition) is 0. The Labute approximate surface area is 235 Å². The molecule has 0 aliphatic carbocycles. The summed E-state index contributed by atoms with van der Waals surface area (Å²) in [6.45, 7) is 11.3. The Balaban J connectivity index is 1.49. The van der Waals surface area contributed by atoms with Crippen molar-refractivity contribution in [2.75, 3.05) is 4.90 Å². The summed E-state index contributed by atoms with van der Waals surface area (Å²) in [5.74, 6) is 1.22. The van der Waals surface area contributed by atoms with Crippen molar-refractivity contribution in [3.8, 4) is 6.07 Å². The molecule has 0 fully saturated rings. The van der Waals surface area contributed by atoms with E-state index in [0.29, 0.717) is 17.1 Å². The number of nitrogens with zero attached hydrogens (tertiary/aromatic N) is 3. The molecule has 4 aromatic carbocycles. The van der Waals surface area contributed by atoms with Gasteiger partial charge in [0, 0.05) is 16.8 Å². The van der Waals surface area contributed by atoms with Crippen molar-refractivity contribution in [2.24, 2.45) is 0 Å². The van der Waals surface area contributed by atoms with Gasteiger partial charge in [0.1, 0.15) is 11.5 Å². The molecule has 0 unspecified atom stereocenters. The molecule has 0 atom stereocenters. The van der Waals surface area contributed by atoms with E-state index in [9.17, 15) is 5.26 Å². The first kappa shape index (κ1) is 26.3. The van der Waals surface area contributed by atoms with Crippen LogP contribution in [-0.4, -0.2) is 0 Å². The first-order valence-corrected chi connectivity index (χ1v) is 13.3. The highest BCUT2D eigenvalue weighted by molar-refractivity contribution is 5.98. The Morgan fingerprint density at radius 3 is 2.30 bits per heavy atom. The molecular formula is C36H29N3O. The lowest BCUT2D eigenvalue weighted by molar-refractivity contribution is 0.318. The molecule has 4 aromatic rings. The second kappa shape index (κ2) is 12.0. The fourth-order valence-electron chi connectivity index (χ4n) is 4.88. The maximum atomic E-state index is 9.25. The number of rotatable bonds is 7. The summed E-state index contributed by atoms with van der Waals surface area (Å²) in [6, 6.07) is 34.1. The molecule has 1 heterocycles. The van der Waals surface area contributed by atoms with Crippen molar-refractivity contribution >= 4 is 33.9 Å². The molecule has 0 amide bonds. The van der Waals surface area contributed by atoms with Gasteiger partial charge in [-0.2, -0.15) is 0 Å². The number of hydrogen-bond acceptors (Lipinski definition) is 3. The van der Waals surface area contributed by atoms with Crippen LogP contribution in [0, 0.1) is 17.9 Å².